The summed E-state index contributed by atoms with van der Waals surface area (Å²) in [5.74, 6) is 0. The number of nitrogens with zero attached hydrogens (tertiary/aromatic N) is 2. The Labute approximate surface area is 92.3 Å². The molecule has 0 saturated carbocycles. The number of aldehydes is 1. The van der Waals surface area contributed by atoms with Crippen LogP contribution in [-0.2, 0) is 6.54 Å². The number of carbonyl (C=O) groups excluding carboxylic acids is 1. The number of rotatable bonds is 3. The lowest BCUT2D eigenvalue weighted by Crippen LogP contribution is -2.02. The van der Waals surface area contributed by atoms with Gasteiger partial charge in [-0.1, -0.05) is 41.9 Å². The number of halogens is 1. The van der Waals surface area contributed by atoms with Crippen LogP contribution in [0.15, 0.2) is 36.7 Å². The van der Waals surface area contributed by atoms with E-state index in [1.807, 2.05) is 30.3 Å². The molecule has 0 atom stereocenters. The van der Waals surface area contributed by atoms with Gasteiger partial charge < -0.3 is 4.57 Å². The standard InChI is InChI=1S/C11H9ClN2O/c12-11-10(7-15)14(8-13-11)6-9-4-2-1-3-5-9/h1-5,7-8H,6H2. The van der Waals surface area contributed by atoms with Crippen LogP contribution < -0.4 is 0 Å². The van der Waals surface area contributed by atoms with Crippen molar-refractivity contribution in [1.82, 2.24) is 9.55 Å². The number of hydrogen-bond donors (Lipinski definition) is 0. The Kier molecular flexibility index (Phi) is 2.83. The lowest BCUT2D eigenvalue weighted by Gasteiger charge is -2.03. The zero-order valence-electron chi connectivity index (χ0n) is 7.93. The lowest BCUT2D eigenvalue weighted by molar-refractivity contribution is 0.111. The highest BCUT2D eigenvalue weighted by atomic mass is 35.5. The van der Waals surface area contributed by atoms with E-state index in [4.69, 9.17) is 11.6 Å². The summed E-state index contributed by atoms with van der Waals surface area (Å²) in [4.78, 5) is 14.6. The molecular weight excluding hydrogens is 212 g/mol. The second-order valence-electron chi connectivity index (χ2n) is 3.15. The lowest BCUT2D eigenvalue weighted by atomic mass is 10.2. The van der Waals surface area contributed by atoms with Crippen molar-refractivity contribution >= 4 is 17.9 Å². The van der Waals surface area contributed by atoms with E-state index < -0.39 is 0 Å². The third-order valence-corrected chi connectivity index (χ3v) is 2.43. The van der Waals surface area contributed by atoms with Gasteiger partial charge in [0.15, 0.2) is 11.4 Å². The Morgan fingerprint density at radius 3 is 2.73 bits per heavy atom. The summed E-state index contributed by atoms with van der Waals surface area (Å²) in [6.45, 7) is 0.606. The van der Waals surface area contributed by atoms with Gasteiger partial charge >= 0.3 is 0 Å². The van der Waals surface area contributed by atoms with Crippen LogP contribution in [0.25, 0.3) is 0 Å². The first-order chi connectivity index (χ1) is 7.31. The highest BCUT2D eigenvalue weighted by molar-refractivity contribution is 6.31. The summed E-state index contributed by atoms with van der Waals surface area (Å²) in [6, 6.07) is 9.83. The van der Waals surface area contributed by atoms with Gasteiger partial charge in [0.25, 0.3) is 0 Å². The van der Waals surface area contributed by atoms with Crippen LogP contribution in [-0.4, -0.2) is 15.8 Å². The average molecular weight is 221 g/mol. The maximum Gasteiger partial charge on any atom is 0.169 e. The van der Waals surface area contributed by atoms with Crippen molar-refractivity contribution < 1.29 is 4.79 Å². The van der Waals surface area contributed by atoms with Crippen LogP contribution in [0.4, 0.5) is 0 Å². The van der Waals surface area contributed by atoms with E-state index in [9.17, 15) is 4.79 Å². The summed E-state index contributed by atoms with van der Waals surface area (Å²) < 4.78 is 1.73. The smallest absolute Gasteiger partial charge is 0.169 e. The maximum absolute atomic E-state index is 10.8. The second kappa shape index (κ2) is 4.28. The SMILES string of the molecule is O=Cc1c(Cl)ncn1Cc1ccccc1. The van der Waals surface area contributed by atoms with Crippen LogP contribution >= 0.6 is 11.6 Å². The molecule has 76 valence electrons. The third kappa shape index (κ3) is 2.07. The highest BCUT2D eigenvalue weighted by Gasteiger charge is 2.07. The molecular formula is C11H9ClN2O. The number of imidazole rings is 1. The Balaban J connectivity index is 2.28. The number of carbonyl (C=O) groups is 1. The topological polar surface area (TPSA) is 34.9 Å². The van der Waals surface area contributed by atoms with Crippen molar-refractivity contribution in [3.8, 4) is 0 Å². The molecule has 0 radical (unpaired) electrons. The molecule has 0 aliphatic heterocycles. The van der Waals surface area contributed by atoms with Gasteiger partial charge in [0.05, 0.1) is 6.33 Å². The van der Waals surface area contributed by atoms with Crippen molar-refractivity contribution in [2.24, 2.45) is 0 Å². The van der Waals surface area contributed by atoms with E-state index in [0.29, 0.717) is 12.2 Å². The maximum atomic E-state index is 10.8. The summed E-state index contributed by atoms with van der Waals surface area (Å²) in [5, 5.41) is 0.251. The van der Waals surface area contributed by atoms with Crippen molar-refractivity contribution in [2.75, 3.05) is 0 Å². The third-order valence-electron chi connectivity index (χ3n) is 2.14. The molecule has 0 saturated heterocycles. The molecule has 0 aliphatic carbocycles. The van der Waals surface area contributed by atoms with E-state index in [-0.39, 0.29) is 5.15 Å². The highest BCUT2D eigenvalue weighted by Crippen LogP contribution is 2.13. The van der Waals surface area contributed by atoms with Gasteiger partial charge in [-0.3, -0.25) is 4.79 Å². The Morgan fingerprint density at radius 1 is 1.33 bits per heavy atom. The largest absolute Gasteiger partial charge is 0.323 e. The molecule has 0 aliphatic rings. The summed E-state index contributed by atoms with van der Waals surface area (Å²) >= 11 is 5.75. The summed E-state index contributed by atoms with van der Waals surface area (Å²) in [5.41, 5.74) is 1.52. The van der Waals surface area contributed by atoms with Crippen molar-refractivity contribution in [2.45, 2.75) is 6.54 Å². The minimum absolute atomic E-state index is 0.251. The van der Waals surface area contributed by atoms with Crippen molar-refractivity contribution in [3.05, 3.63) is 53.1 Å². The van der Waals surface area contributed by atoms with Gasteiger partial charge in [0.2, 0.25) is 0 Å². The van der Waals surface area contributed by atoms with Crippen LogP contribution in [0.1, 0.15) is 16.1 Å². The van der Waals surface area contributed by atoms with E-state index >= 15 is 0 Å². The molecule has 0 amide bonds. The van der Waals surface area contributed by atoms with E-state index in [2.05, 4.69) is 4.98 Å². The predicted molar refractivity (Wildman–Crippen MR) is 58.2 cm³/mol. The molecule has 1 heterocycles. The van der Waals surface area contributed by atoms with Gasteiger partial charge in [-0.25, -0.2) is 4.98 Å². The first-order valence-corrected chi connectivity index (χ1v) is 4.89. The summed E-state index contributed by atoms with van der Waals surface area (Å²) in [7, 11) is 0. The van der Waals surface area contributed by atoms with E-state index in [1.54, 1.807) is 10.9 Å². The molecule has 15 heavy (non-hydrogen) atoms. The molecule has 1 aromatic carbocycles. The fourth-order valence-electron chi connectivity index (χ4n) is 1.39. The van der Waals surface area contributed by atoms with Crippen LogP contribution in [0.5, 0.6) is 0 Å². The van der Waals surface area contributed by atoms with E-state index in [1.165, 1.54) is 0 Å². The first kappa shape index (κ1) is 9.93. The van der Waals surface area contributed by atoms with Gasteiger partial charge in [0.1, 0.15) is 5.69 Å². The first-order valence-electron chi connectivity index (χ1n) is 4.51. The van der Waals surface area contributed by atoms with Gasteiger partial charge in [0, 0.05) is 6.54 Å². The monoisotopic (exact) mass is 220 g/mol. The zero-order chi connectivity index (χ0) is 10.7. The second-order valence-corrected chi connectivity index (χ2v) is 3.51. The molecule has 0 spiro atoms. The van der Waals surface area contributed by atoms with Gasteiger partial charge in [-0.05, 0) is 5.56 Å². The number of aromatic nitrogens is 2. The van der Waals surface area contributed by atoms with Crippen molar-refractivity contribution in [3.63, 3.8) is 0 Å². The van der Waals surface area contributed by atoms with Crippen LogP contribution in [0.2, 0.25) is 5.15 Å². The van der Waals surface area contributed by atoms with E-state index in [0.717, 1.165) is 11.8 Å². The zero-order valence-corrected chi connectivity index (χ0v) is 8.69. The number of benzene rings is 1. The number of hydrogen-bond acceptors (Lipinski definition) is 2. The minimum atomic E-state index is 0.251. The van der Waals surface area contributed by atoms with Crippen molar-refractivity contribution in [1.29, 1.82) is 0 Å². The molecule has 0 bridgehead atoms. The normalized spacial score (nSPS) is 10.2. The van der Waals surface area contributed by atoms with Gasteiger partial charge in [-0.15, -0.1) is 0 Å². The molecule has 0 unspecified atom stereocenters. The minimum Gasteiger partial charge on any atom is -0.323 e. The molecule has 1 aromatic heterocycles. The molecule has 3 nitrogen and oxygen atoms in total. The van der Waals surface area contributed by atoms with Crippen LogP contribution in [0, 0.1) is 0 Å². The Hall–Kier alpha value is -1.61. The Morgan fingerprint density at radius 2 is 2.07 bits per heavy atom. The summed E-state index contributed by atoms with van der Waals surface area (Å²) in [6.07, 6.45) is 2.29. The average Bonchev–Trinajstić information content (AvgIpc) is 2.61. The molecule has 4 heteroatoms. The predicted octanol–water partition coefficient (Wildman–Crippen LogP) is 2.40. The Bertz CT molecular complexity index is 465. The molecule has 2 aromatic rings. The van der Waals surface area contributed by atoms with Crippen LogP contribution in [0.3, 0.4) is 0 Å². The quantitative estimate of drug-likeness (QED) is 0.745. The van der Waals surface area contributed by atoms with Gasteiger partial charge in [-0.2, -0.15) is 0 Å². The molecule has 0 fully saturated rings. The molecule has 2 rings (SSSR count). The fourth-order valence-corrected chi connectivity index (χ4v) is 1.59. The fraction of sp³-hybridized carbons (Fsp3) is 0.0909. The molecule has 0 N–H and O–H groups in total.